The SMILES string of the molecule is Cc1ccc(S(=O)(=O)N2CCN(C(=O)c3ccccc3N(C)S(=O)(=O)c3ccc(C)cc3)CC2)cc1. The maximum atomic E-state index is 13.4. The third-order valence-corrected chi connectivity index (χ3v) is 10.0. The Morgan fingerprint density at radius 1 is 0.722 bits per heavy atom. The van der Waals surface area contributed by atoms with Crippen LogP contribution in [0.5, 0.6) is 0 Å². The predicted octanol–water partition coefficient (Wildman–Crippen LogP) is 3.28. The van der Waals surface area contributed by atoms with Crippen molar-refractivity contribution in [3.8, 4) is 0 Å². The van der Waals surface area contributed by atoms with Gasteiger partial charge >= 0.3 is 0 Å². The quantitative estimate of drug-likeness (QED) is 0.490. The van der Waals surface area contributed by atoms with Crippen LogP contribution in [-0.4, -0.2) is 65.2 Å². The molecule has 8 nitrogen and oxygen atoms in total. The van der Waals surface area contributed by atoms with E-state index in [1.54, 1.807) is 77.7 Å². The maximum absolute atomic E-state index is 13.4. The molecule has 10 heteroatoms. The van der Waals surface area contributed by atoms with E-state index < -0.39 is 20.0 Å². The number of hydrogen-bond donors (Lipinski definition) is 0. The van der Waals surface area contributed by atoms with Crippen molar-refractivity contribution in [3.63, 3.8) is 0 Å². The van der Waals surface area contributed by atoms with E-state index in [2.05, 4.69) is 0 Å². The predicted molar refractivity (Wildman–Crippen MR) is 139 cm³/mol. The average molecular weight is 528 g/mol. The van der Waals surface area contributed by atoms with Gasteiger partial charge in [-0.1, -0.05) is 47.5 Å². The molecule has 1 saturated heterocycles. The van der Waals surface area contributed by atoms with E-state index >= 15 is 0 Å². The summed E-state index contributed by atoms with van der Waals surface area (Å²) in [6.45, 7) is 4.48. The number of hydrogen-bond acceptors (Lipinski definition) is 5. The minimum atomic E-state index is -3.88. The summed E-state index contributed by atoms with van der Waals surface area (Å²) in [5, 5.41) is 0. The molecule has 0 atom stereocenters. The standard InChI is InChI=1S/C26H29N3O5S2/c1-20-8-12-22(13-9-20)35(31,32)27(3)25-7-5-4-6-24(25)26(30)28-16-18-29(19-17-28)36(33,34)23-14-10-21(2)11-15-23/h4-15H,16-19H2,1-3H3. The number of piperazine rings is 1. The van der Waals surface area contributed by atoms with Gasteiger partial charge in [0.25, 0.3) is 15.9 Å². The molecular formula is C26H29N3O5S2. The van der Waals surface area contributed by atoms with Gasteiger partial charge in [0.2, 0.25) is 10.0 Å². The Kier molecular flexibility index (Phi) is 7.21. The number of para-hydroxylation sites is 1. The van der Waals surface area contributed by atoms with Gasteiger partial charge in [0.05, 0.1) is 21.0 Å². The van der Waals surface area contributed by atoms with E-state index in [9.17, 15) is 21.6 Å². The van der Waals surface area contributed by atoms with Crippen molar-refractivity contribution in [2.24, 2.45) is 0 Å². The van der Waals surface area contributed by atoms with Gasteiger partial charge in [0, 0.05) is 33.2 Å². The molecule has 1 fully saturated rings. The van der Waals surface area contributed by atoms with Crippen LogP contribution in [0.1, 0.15) is 21.5 Å². The lowest BCUT2D eigenvalue weighted by Crippen LogP contribution is -2.50. The fourth-order valence-corrected chi connectivity index (χ4v) is 6.72. The maximum Gasteiger partial charge on any atom is 0.264 e. The molecular weight excluding hydrogens is 498 g/mol. The first kappa shape index (κ1) is 25.9. The number of carbonyl (C=O) groups is 1. The number of nitrogens with zero attached hydrogens (tertiary/aromatic N) is 3. The average Bonchev–Trinajstić information content (AvgIpc) is 2.88. The van der Waals surface area contributed by atoms with Crippen LogP contribution >= 0.6 is 0 Å². The first-order chi connectivity index (χ1) is 17.0. The van der Waals surface area contributed by atoms with Gasteiger partial charge in [-0.15, -0.1) is 0 Å². The molecule has 0 aliphatic carbocycles. The number of anilines is 1. The molecule has 4 rings (SSSR count). The zero-order chi connectivity index (χ0) is 26.1. The van der Waals surface area contributed by atoms with E-state index in [1.807, 2.05) is 13.8 Å². The van der Waals surface area contributed by atoms with Crippen molar-refractivity contribution in [2.75, 3.05) is 37.5 Å². The highest BCUT2D eigenvalue weighted by Crippen LogP contribution is 2.28. The van der Waals surface area contributed by atoms with Crippen LogP contribution in [0.15, 0.2) is 82.6 Å². The highest BCUT2D eigenvalue weighted by molar-refractivity contribution is 7.92. The minimum absolute atomic E-state index is 0.132. The second-order valence-electron chi connectivity index (χ2n) is 8.81. The highest BCUT2D eigenvalue weighted by Gasteiger charge is 2.32. The lowest BCUT2D eigenvalue weighted by molar-refractivity contribution is 0.0698. The number of amides is 1. The van der Waals surface area contributed by atoms with E-state index in [0.717, 1.165) is 15.4 Å². The van der Waals surface area contributed by atoms with Crippen molar-refractivity contribution in [3.05, 3.63) is 89.5 Å². The summed E-state index contributed by atoms with van der Waals surface area (Å²) in [6, 6.07) is 19.8. The van der Waals surface area contributed by atoms with Crippen molar-refractivity contribution in [2.45, 2.75) is 23.6 Å². The zero-order valence-electron chi connectivity index (χ0n) is 20.5. The molecule has 0 spiro atoms. The Hall–Kier alpha value is -3.21. The largest absolute Gasteiger partial charge is 0.336 e. The molecule has 0 unspecified atom stereocenters. The summed E-state index contributed by atoms with van der Waals surface area (Å²) in [6.07, 6.45) is 0. The first-order valence-electron chi connectivity index (χ1n) is 11.5. The summed E-state index contributed by atoms with van der Waals surface area (Å²) in [7, 11) is -6.12. The Morgan fingerprint density at radius 3 is 1.78 bits per heavy atom. The Morgan fingerprint density at radius 2 is 1.22 bits per heavy atom. The van der Waals surface area contributed by atoms with Crippen LogP contribution in [0.4, 0.5) is 5.69 Å². The van der Waals surface area contributed by atoms with E-state index in [0.29, 0.717) is 0 Å². The summed E-state index contributed by atoms with van der Waals surface area (Å²) >= 11 is 0. The fraction of sp³-hybridized carbons (Fsp3) is 0.269. The Bertz CT molecular complexity index is 1460. The third kappa shape index (κ3) is 5.02. The zero-order valence-corrected chi connectivity index (χ0v) is 22.1. The molecule has 0 N–H and O–H groups in total. The Labute approximate surface area is 212 Å². The highest BCUT2D eigenvalue weighted by atomic mass is 32.2. The number of benzene rings is 3. The molecule has 190 valence electrons. The van der Waals surface area contributed by atoms with Crippen LogP contribution in [0.25, 0.3) is 0 Å². The second kappa shape index (κ2) is 10.0. The van der Waals surface area contributed by atoms with Gasteiger partial charge in [0.15, 0.2) is 0 Å². The van der Waals surface area contributed by atoms with Crippen LogP contribution in [0, 0.1) is 13.8 Å². The molecule has 1 aliphatic heterocycles. The topological polar surface area (TPSA) is 95.1 Å². The van der Waals surface area contributed by atoms with Gasteiger partial charge in [0.1, 0.15) is 0 Å². The number of aryl methyl sites for hydroxylation is 2. The van der Waals surface area contributed by atoms with E-state index in [-0.39, 0.29) is 53.1 Å². The van der Waals surface area contributed by atoms with Crippen molar-refractivity contribution in [1.82, 2.24) is 9.21 Å². The first-order valence-corrected chi connectivity index (χ1v) is 14.4. The minimum Gasteiger partial charge on any atom is -0.336 e. The number of rotatable bonds is 6. The third-order valence-electron chi connectivity index (χ3n) is 6.34. The van der Waals surface area contributed by atoms with E-state index in [1.165, 1.54) is 11.4 Å². The fourth-order valence-electron chi connectivity index (χ4n) is 4.09. The normalized spacial score (nSPS) is 15.0. The smallest absolute Gasteiger partial charge is 0.264 e. The molecule has 0 saturated carbocycles. The van der Waals surface area contributed by atoms with Crippen LogP contribution in [0.2, 0.25) is 0 Å². The van der Waals surface area contributed by atoms with E-state index in [4.69, 9.17) is 0 Å². The summed E-state index contributed by atoms with van der Waals surface area (Å²) in [4.78, 5) is 15.4. The van der Waals surface area contributed by atoms with Crippen molar-refractivity contribution < 1.29 is 21.6 Å². The number of sulfonamides is 2. The van der Waals surface area contributed by atoms with Crippen molar-refractivity contribution in [1.29, 1.82) is 0 Å². The van der Waals surface area contributed by atoms with Crippen LogP contribution in [0.3, 0.4) is 0 Å². The Balaban J connectivity index is 1.53. The molecule has 36 heavy (non-hydrogen) atoms. The lowest BCUT2D eigenvalue weighted by atomic mass is 10.1. The molecule has 3 aromatic rings. The molecule has 1 heterocycles. The molecule has 0 bridgehead atoms. The van der Waals surface area contributed by atoms with Gasteiger partial charge in [-0.2, -0.15) is 4.31 Å². The van der Waals surface area contributed by atoms with Crippen molar-refractivity contribution >= 4 is 31.6 Å². The lowest BCUT2D eigenvalue weighted by Gasteiger charge is -2.34. The molecule has 0 aromatic heterocycles. The molecule has 0 radical (unpaired) electrons. The monoisotopic (exact) mass is 527 g/mol. The van der Waals surface area contributed by atoms with Crippen LogP contribution in [-0.2, 0) is 20.0 Å². The molecule has 1 aliphatic rings. The summed E-state index contributed by atoms with van der Waals surface area (Å²) < 4.78 is 55.0. The van der Waals surface area contributed by atoms with Crippen LogP contribution < -0.4 is 4.31 Å². The van der Waals surface area contributed by atoms with Gasteiger partial charge in [-0.05, 0) is 50.2 Å². The summed E-state index contributed by atoms with van der Waals surface area (Å²) in [5.74, 6) is -0.344. The number of carbonyl (C=O) groups excluding carboxylic acids is 1. The molecule has 1 amide bonds. The van der Waals surface area contributed by atoms with Gasteiger partial charge in [-0.3, -0.25) is 9.10 Å². The second-order valence-corrected chi connectivity index (χ2v) is 12.7. The van der Waals surface area contributed by atoms with Gasteiger partial charge in [-0.25, -0.2) is 16.8 Å². The van der Waals surface area contributed by atoms with Gasteiger partial charge < -0.3 is 4.90 Å². The molecule has 3 aromatic carbocycles. The summed E-state index contributed by atoms with van der Waals surface area (Å²) in [5.41, 5.74) is 2.41.